The van der Waals surface area contributed by atoms with Gasteiger partial charge in [-0.2, -0.15) is 0 Å². The molecule has 1 saturated heterocycles. The lowest BCUT2D eigenvalue weighted by Crippen LogP contribution is -2.49. The number of aliphatic hydroxyl groups is 1. The van der Waals surface area contributed by atoms with Crippen LogP contribution in [-0.2, 0) is 4.74 Å². The monoisotopic (exact) mass is 442 g/mol. The molecule has 3 N–H and O–H groups in total. The Hall–Kier alpha value is -0.120. The average Bonchev–Trinajstić information content (AvgIpc) is 2.54. The van der Waals surface area contributed by atoms with E-state index in [1.165, 1.54) is 0 Å². The van der Waals surface area contributed by atoms with E-state index < -0.39 is 0 Å². The summed E-state index contributed by atoms with van der Waals surface area (Å²) in [6, 6.07) is 0.487. The Morgan fingerprint density at radius 1 is 1.39 bits per heavy atom. The Kier molecular flexibility index (Phi) is 14.2. The van der Waals surface area contributed by atoms with Crippen LogP contribution in [0.2, 0.25) is 0 Å². The molecule has 0 aliphatic carbocycles. The molecule has 0 amide bonds. The zero-order chi connectivity index (χ0) is 16.2. The van der Waals surface area contributed by atoms with Crippen LogP contribution in [0.15, 0.2) is 4.99 Å². The van der Waals surface area contributed by atoms with Crippen molar-refractivity contribution in [3.05, 3.63) is 0 Å². The van der Waals surface area contributed by atoms with Crippen LogP contribution in [0.3, 0.4) is 0 Å². The van der Waals surface area contributed by atoms with E-state index in [1.54, 1.807) is 7.11 Å². The number of aliphatic imine (C=N–C) groups is 1. The molecule has 1 atom stereocenters. The first-order valence-corrected chi connectivity index (χ1v) is 8.56. The number of aliphatic hydroxyl groups excluding tert-OH is 1. The highest BCUT2D eigenvalue weighted by atomic mass is 127. The molecule has 1 fully saturated rings. The van der Waals surface area contributed by atoms with E-state index in [0.717, 1.165) is 58.0 Å². The van der Waals surface area contributed by atoms with Gasteiger partial charge in [0, 0.05) is 59.1 Å². The fourth-order valence-electron chi connectivity index (χ4n) is 2.55. The molecule has 0 bridgehead atoms. The smallest absolute Gasteiger partial charge is 0.191 e. The first kappa shape index (κ1) is 22.9. The van der Waals surface area contributed by atoms with Crippen molar-refractivity contribution in [1.29, 1.82) is 0 Å². The molecule has 1 heterocycles. The fourth-order valence-corrected chi connectivity index (χ4v) is 2.55. The first-order valence-electron chi connectivity index (χ1n) is 8.56. The second kappa shape index (κ2) is 14.2. The molecule has 138 valence electrons. The highest BCUT2D eigenvalue weighted by molar-refractivity contribution is 14.0. The SMILES string of the molecule is CCNC(=NCC(C)CO)NC1CCN(CCCOC)CC1.I. The van der Waals surface area contributed by atoms with Crippen LogP contribution in [0.1, 0.15) is 33.1 Å². The van der Waals surface area contributed by atoms with E-state index in [-0.39, 0.29) is 36.5 Å². The molecule has 0 aromatic heterocycles. The minimum absolute atomic E-state index is 0. The zero-order valence-electron chi connectivity index (χ0n) is 14.9. The van der Waals surface area contributed by atoms with Crippen molar-refractivity contribution in [3.8, 4) is 0 Å². The van der Waals surface area contributed by atoms with Gasteiger partial charge in [-0.25, -0.2) is 0 Å². The van der Waals surface area contributed by atoms with Crippen molar-refractivity contribution in [1.82, 2.24) is 15.5 Å². The van der Waals surface area contributed by atoms with Crippen molar-refractivity contribution >= 4 is 29.9 Å². The van der Waals surface area contributed by atoms with Crippen LogP contribution in [0.25, 0.3) is 0 Å². The quantitative estimate of drug-likeness (QED) is 0.217. The summed E-state index contributed by atoms with van der Waals surface area (Å²) in [5, 5.41) is 15.9. The third-order valence-corrected chi connectivity index (χ3v) is 3.97. The maximum atomic E-state index is 9.09. The van der Waals surface area contributed by atoms with Crippen molar-refractivity contribution in [2.75, 3.05) is 53.0 Å². The van der Waals surface area contributed by atoms with Crippen molar-refractivity contribution in [2.24, 2.45) is 10.9 Å². The third-order valence-electron chi connectivity index (χ3n) is 3.97. The Morgan fingerprint density at radius 2 is 2.09 bits per heavy atom. The summed E-state index contributed by atoms with van der Waals surface area (Å²) in [6.07, 6.45) is 3.40. The number of halogens is 1. The highest BCUT2D eigenvalue weighted by Gasteiger charge is 2.19. The van der Waals surface area contributed by atoms with E-state index in [4.69, 9.17) is 9.84 Å². The number of methoxy groups -OCH3 is 1. The Morgan fingerprint density at radius 3 is 2.65 bits per heavy atom. The van der Waals surface area contributed by atoms with E-state index in [2.05, 4.69) is 27.4 Å². The third kappa shape index (κ3) is 10.4. The summed E-state index contributed by atoms with van der Waals surface area (Å²) in [5.74, 6) is 1.08. The van der Waals surface area contributed by atoms with Gasteiger partial charge in [0.25, 0.3) is 0 Å². The molecule has 0 radical (unpaired) electrons. The Bertz CT molecular complexity index is 310. The number of rotatable bonds is 9. The van der Waals surface area contributed by atoms with Crippen LogP contribution in [0, 0.1) is 5.92 Å². The average molecular weight is 442 g/mol. The summed E-state index contributed by atoms with van der Waals surface area (Å²) in [6.45, 7) is 10.0. The van der Waals surface area contributed by atoms with E-state index in [1.807, 2.05) is 6.92 Å². The molecule has 0 saturated carbocycles. The van der Waals surface area contributed by atoms with Crippen LogP contribution >= 0.6 is 24.0 Å². The second-order valence-electron chi connectivity index (χ2n) is 6.11. The van der Waals surface area contributed by atoms with Gasteiger partial charge in [0.2, 0.25) is 0 Å². The van der Waals surface area contributed by atoms with Gasteiger partial charge in [0.05, 0.1) is 0 Å². The maximum Gasteiger partial charge on any atom is 0.191 e. The number of nitrogens with one attached hydrogen (secondary N) is 2. The number of ether oxygens (including phenoxy) is 1. The number of hydrogen-bond acceptors (Lipinski definition) is 4. The number of likely N-dealkylation sites (tertiary alicyclic amines) is 1. The molecular formula is C16H35IN4O2. The molecule has 23 heavy (non-hydrogen) atoms. The molecule has 0 spiro atoms. The van der Waals surface area contributed by atoms with Gasteiger partial charge < -0.3 is 25.4 Å². The van der Waals surface area contributed by atoms with E-state index in [9.17, 15) is 0 Å². The van der Waals surface area contributed by atoms with Gasteiger partial charge >= 0.3 is 0 Å². The molecule has 1 rings (SSSR count). The van der Waals surface area contributed by atoms with Crippen LogP contribution in [-0.4, -0.2) is 75.1 Å². The number of guanidine groups is 1. The number of piperidine rings is 1. The number of nitrogens with zero attached hydrogens (tertiary/aromatic N) is 2. The molecule has 1 aliphatic rings. The minimum atomic E-state index is 0. The van der Waals surface area contributed by atoms with Gasteiger partial charge in [0.15, 0.2) is 5.96 Å². The summed E-state index contributed by atoms with van der Waals surface area (Å²) in [5.41, 5.74) is 0. The standard InChI is InChI=1S/C16H34N4O2.HI/c1-4-17-16(18-12-14(2)13-21)19-15-6-9-20(10-7-15)8-5-11-22-3;/h14-15,21H,4-13H2,1-3H3,(H2,17,18,19);1H. The predicted octanol–water partition coefficient (Wildman–Crippen LogP) is 1.29. The molecule has 0 aromatic rings. The van der Waals surface area contributed by atoms with Crippen molar-refractivity contribution in [3.63, 3.8) is 0 Å². The summed E-state index contributed by atoms with van der Waals surface area (Å²) < 4.78 is 5.11. The summed E-state index contributed by atoms with van der Waals surface area (Å²) in [4.78, 5) is 7.07. The van der Waals surface area contributed by atoms with Crippen LogP contribution < -0.4 is 10.6 Å². The largest absolute Gasteiger partial charge is 0.396 e. The lowest BCUT2D eigenvalue weighted by atomic mass is 10.1. The van der Waals surface area contributed by atoms with Crippen LogP contribution in [0.4, 0.5) is 0 Å². The maximum absolute atomic E-state index is 9.09. The Balaban J connectivity index is 0.00000484. The molecule has 7 heteroatoms. The van der Waals surface area contributed by atoms with Gasteiger partial charge in [-0.1, -0.05) is 6.92 Å². The fraction of sp³-hybridized carbons (Fsp3) is 0.938. The molecular weight excluding hydrogens is 407 g/mol. The van der Waals surface area contributed by atoms with Gasteiger partial charge in [-0.3, -0.25) is 4.99 Å². The molecule has 0 aromatic carbocycles. The normalized spacial score (nSPS) is 18.3. The van der Waals surface area contributed by atoms with Crippen LogP contribution in [0.5, 0.6) is 0 Å². The zero-order valence-corrected chi connectivity index (χ0v) is 17.2. The predicted molar refractivity (Wildman–Crippen MR) is 107 cm³/mol. The van der Waals surface area contributed by atoms with Gasteiger partial charge in [0.1, 0.15) is 0 Å². The number of hydrogen-bond donors (Lipinski definition) is 3. The minimum Gasteiger partial charge on any atom is -0.396 e. The van der Waals surface area contributed by atoms with Crippen molar-refractivity contribution < 1.29 is 9.84 Å². The second-order valence-corrected chi connectivity index (χ2v) is 6.11. The van der Waals surface area contributed by atoms with Gasteiger partial charge in [-0.05, 0) is 32.1 Å². The van der Waals surface area contributed by atoms with Crippen molar-refractivity contribution in [2.45, 2.75) is 39.2 Å². The van der Waals surface area contributed by atoms with E-state index in [0.29, 0.717) is 12.6 Å². The molecule has 6 nitrogen and oxygen atoms in total. The topological polar surface area (TPSA) is 69.1 Å². The van der Waals surface area contributed by atoms with E-state index >= 15 is 0 Å². The summed E-state index contributed by atoms with van der Waals surface area (Å²) in [7, 11) is 1.76. The lowest BCUT2D eigenvalue weighted by molar-refractivity contribution is 0.155. The highest BCUT2D eigenvalue weighted by Crippen LogP contribution is 2.10. The van der Waals surface area contributed by atoms with Gasteiger partial charge in [-0.15, -0.1) is 24.0 Å². The molecule has 1 aliphatic heterocycles. The Labute approximate surface area is 158 Å². The first-order chi connectivity index (χ1) is 10.7. The summed E-state index contributed by atoms with van der Waals surface area (Å²) >= 11 is 0. The molecule has 1 unspecified atom stereocenters. The lowest BCUT2D eigenvalue weighted by Gasteiger charge is -2.33.